The van der Waals surface area contributed by atoms with E-state index >= 15 is 0 Å². The van der Waals surface area contributed by atoms with Crippen LogP contribution >= 0.6 is 0 Å². The van der Waals surface area contributed by atoms with Crippen LogP contribution in [0, 0.1) is 0 Å². The molecule has 0 bridgehead atoms. The molecule has 2 heterocycles. The second-order valence-electron chi connectivity index (χ2n) is 3.60. The molecule has 4 nitrogen and oxygen atoms in total. The highest BCUT2D eigenvalue weighted by molar-refractivity contribution is 5.39. The Morgan fingerprint density at radius 3 is 2.73 bits per heavy atom. The van der Waals surface area contributed by atoms with E-state index in [1.807, 2.05) is 18.3 Å². The number of nitrogens with zero attached hydrogens (tertiary/aromatic N) is 2. The molecule has 0 aliphatic carbocycles. The fourth-order valence-electron chi connectivity index (χ4n) is 1.67. The third-order valence-electron chi connectivity index (χ3n) is 2.54. The van der Waals surface area contributed by atoms with E-state index in [1.165, 1.54) is 0 Å². The molecule has 1 N–H and O–H groups in total. The van der Waals surface area contributed by atoms with Gasteiger partial charge in [0, 0.05) is 25.9 Å². The number of pyridine rings is 1. The molecule has 1 aromatic rings. The molecule has 0 atom stereocenters. The molecule has 1 aromatic heterocycles. The maximum absolute atomic E-state index is 8.78. The van der Waals surface area contributed by atoms with Gasteiger partial charge in [-0.05, 0) is 18.1 Å². The quantitative estimate of drug-likeness (QED) is 0.783. The van der Waals surface area contributed by atoms with Crippen molar-refractivity contribution in [2.75, 3.05) is 37.8 Å². The summed E-state index contributed by atoms with van der Waals surface area (Å²) in [4.78, 5) is 6.59. The third kappa shape index (κ3) is 2.67. The number of rotatable bonds is 3. The SMILES string of the molecule is OCCc1ccc(N2CCOCC2)nc1. The fourth-order valence-corrected chi connectivity index (χ4v) is 1.67. The molecular weight excluding hydrogens is 192 g/mol. The Hall–Kier alpha value is -1.13. The average Bonchev–Trinajstić information content (AvgIpc) is 2.32. The molecule has 1 aliphatic rings. The van der Waals surface area contributed by atoms with Crippen molar-refractivity contribution in [2.45, 2.75) is 6.42 Å². The Kier molecular flexibility index (Phi) is 3.53. The molecule has 0 amide bonds. The van der Waals surface area contributed by atoms with Crippen LogP contribution in [0.1, 0.15) is 5.56 Å². The smallest absolute Gasteiger partial charge is 0.128 e. The van der Waals surface area contributed by atoms with Gasteiger partial charge in [-0.25, -0.2) is 4.98 Å². The summed E-state index contributed by atoms with van der Waals surface area (Å²) in [6, 6.07) is 4.03. The minimum absolute atomic E-state index is 0.179. The average molecular weight is 208 g/mol. The highest BCUT2D eigenvalue weighted by atomic mass is 16.5. The second kappa shape index (κ2) is 5.09. The Labute approximate surface area is 89.5 Å². The molecule has 0 radical (unpaired) electrons. The van der Waals surface area contributed by atoms with E-state index < -0.39 is 0 Å². The van der Waals surface area contributed by atoms with Gasteiger partial charge in [0.1, 0.15) is 5.82 Å². The van der Waals surface area contributed by atoms with Crippen molar-refractivity contribution in [1.29, 1.82) is 0 Å². The predicted molar refractivity (Wildman–Crippen MR) is 58.1 cm³/mol. The summed E-state index contributed by atoms with van der Waals surface area (Å²) in [5.41, 5.74) is 1.08. The Morgan fingerprint density at radius 1 is 1.33 bits per heavy atom. The van der Waals surface area contributed by atoms with Gasteiger partial charge in [0.25, 0.3) is 0 Å². The number of hydrogen-bond acceptors (Lipinski definition) is 4. The first-order valence-corrected chi connectivity index (χ1v) is 5.28. The van der Waals surface area contributed by atoms with Crippen LogP contribution in [0.5, 0.6) is 0 Å². The molecule has 0 unspecified atom stereocenters. The lowest BCUT2D eigenvalue weighted by Crippen LogP contribution is -2.36. The Morgan fingerprint density at radius 2 is 2.13 bits per heavy atom. The van der Waals surface area contributed by atoms with Crippen LogP contribution in [-0.4, -0.2) is 43.0 Å². The van der Waals surface area contributed by atoms with E-state index in [-0.39, 0.29) is 6.61 Å². The molecule has 0 aromatic carbocycles. The van der Waals surface area contributed by atoms with Crippen LogP contribution in [0.3, 0.4) is 0 Å². The number of aliphatic hydroxyl groups excluding tert-OH is 1. The van der Waals surface area contributed by atoms with Crippen molar-refractivity contribution in [3.05, 3.63) is 23.9 Å². The molecule has 82 valence electrons. The van der Waals surface area contributed by atoms with Gasteiger partial charge < -0.3 is 14.7 Å². The first-order valence-electron chi connectivity index (χ1n) is 5.28. The molecule has 0 saturated carbocycles. The number of ether oxygens (including phenoxy) is 1. The van der Waals surface area contributed by atoms with Crippen LogP contribution in [0.4, 0.5) is 5.82 Å². The Balaban J connectivity index is 2.02. The minimum Gasteiger partial charge on any atom is -0.396 e. The lowest BCUT2D eigenvalue weighted by Gasteiger charge is -2.27. The minimum atomic E-state index is 0.179. The summed E-state index contributed by atoms with van der Waals surface area (Å²) >= 11 is 0. The van der Waals surface area contributed by atoms with Crippen LogP contribution in [0.25, 0.3) is 0 Å². The van der Waals surface area contributed by atoms with Gasteiger partial charge in [-0.2, -0.15) is 0 Å². The van der Waals surface area contributed by atoms with Gasteiger partial charge in [0.15, 0.2) is 0 Å². The Bertz CT molecular complexity index is 294. The molecule has 0 spiro atoms. The van der Waals surface area contributed by atoms with Crippen LogP contribution in [0.2, 0.25) is 0 Å². The van der Waals surface area contributed by atoms with Crippen molar-refractivity contribution < 1.29 is 9.84 Å². The summed E-state index contributed by atoms with van der Waals surface area (Å²) in [7, 11) is 0. The normalized spacial score (nSPS) is 16.7. The van der Waals surface area contributed by atoms with E-state index in [9.17, 15) is 0 Å². The maximum Gasteiger partial charge on any atom is 0.128 e. The fraction of sp³-hybridized carbons (Fsp3) is 0.545. The summed E-state index contributed by atoms with van der Waals surface area (Å²) in [5.74, 6) is 1.000. The van der Waals surface area contributed by atoms with Crippen molar-refractivity contribution in [2.24, 2.45) is 0 Å². The van der Waals surface area contributed by atoms with Gasteiger partial charge in [0.05, 0.1) is 13.2 Å². The number of anilines is 1. The van der Waals surface area contributed by atoms with Crippen molar-refractivity contribution in [3.8, 4) is 0 Å². The summed E-state index contributed by atoms with van der Waals surface area (Å²) in [5, 5.41) is 8.78. The number of aromatic nitrogens is 1. The zero-order chi connectivity index (χ0) is 10.5. The number of morpholine rings is 1. The molecule has 2 rings (SSSR count). The van der Waals surface area contributed by atoms with Crippen molar-refractivity contribution in [1.82, 2.24) is 4.98 Å². The standard InChI is InChI=1S/C11H16N2O2/c14-6-3-10-1-2-11(12-9-10)13-4-7-15-8-5-13/h1-2,9,14H,3-8H2. The van der Waals surface area contributed by atoms with Gasteiger partial charge in [-0.15, -0.1) is 0 Å². The third-order valence-corrected chi connectivity index (χ3v) is 2.54. The zero-order valence-electron chi connectivity index (χ0n) is 8.72. The monoisotopic (exact) mass is 208 g/mol. The van der Waals surface area contributed by atoms with E-state index in [2.05, 4.69) is 9.88 Å². The molecular formula is C11H16N2O2. The lowest BCUT2D eigenvalue weighted by molar-refractivity contribution is 0.122. The first kappa shape index (κ1) is 10.4. The largest absolute Gasteiger partial charge is 0.396 e. The van der Waals surface area contributed by atoms with E-state index in [0.29, 0.717) is 6.42 Å². The van der Waals surface area contributed by atoms with E-state index in [1.54, 1.807) is 0 Å². The van der Waals surface area contributed by atoms with Gasteiger partial charge in [-0.1, -0.05) is 6.07 Å². The zero-order valence-corrected chi connectivity index (χ0v) is 8.72. The van der Waals surface area contributed by atoms with Crippen molar-refractivity contribution >= 4 is 5.82 Å². The van der Waals surface area contributed by atoms with Crippen molar-refractivity contribution in [3.63, 3.8) is 0 Å². The second-order valence-corrected chi connectivity index (χ2v) is 3.60. The maximum atomic E-state index is 8.78. The van der Waals surface area contributed by atoms with Crippen LogP contribution < -0.4 is 4.90 Å². The molecule has 1 fully saturated rings. The van der Waals surface area contributed by atoms with Gasteiger partial charge in [0.2, 0.25) is 0 Å². The summed E-state index contributed by atoms with van der Waals surface area (Å²) in [6.45, 7) is 3.55. The van der Waals surface area contributed by atoms with Crippen LogP contribution in [-0.2, 0) is 11.2 Å². The number of hydrogen-bond donors (Lipinski definition) is 1. The predicted octanol–water partition coefficient (Wildman–Crippen LogP) is 0.453. The highest BCUT2D eigenvalue weighted by Crippen LogP contribution is 2.12. The van der Waals surface area contributed by atoms with Crippen LogP contribution in [0.15, 0.2) is 18.3 Å². The molecule has 1 aliphatic heterocycles. The molecule has 4 heteroatoms. The molecule has 15 heavy (non-hydrogen) atoms. The highest BCUT2D eigenvalue weighted by Gasteiger charge is 2.11. The molecule has 1 saturated heterocycles. The number of aliphatic hydroxyl groups is 1. The summed E-state index contributed by atoms with van der Waals surface area (Å²) in [6.07, 6.45) is 2.51. The van der Waals surface area contributed by atoms with Gasteiger partial charge in [-0.3, -0.25) is 0 Å². The topological polar surface area (TPSA) is 45.6 Å². The first-order chi connectivity index (χ1) is 7.40. The van der Waals surface area contributed by atoms with E-state index in [0.717, 1.165) is 37.7 Å². The van der Waals surface area contributed by atoms with Gasteiger partial charge >= 0.3 is 0 Å². The van der Waals surface area contributed by atoms with E-state index in [4.69, 9.17) is 9.84 Å². The summed E-state index contributed by atoms with van der Waals surface area (Å²) < 4.78 is 5.28. The lowest BCUT2D eigenvalue weighted by atomic mass is 10.2.